The fraction of sp³-hybridized carbons (Fsp3) is 0.409. The van der Waals surface area contributed by atoms with Crippen molar-refractivity contribution in [3.8, 4) is 5.75 Å². The number of benzene rings is 2. The standard InChI is InChI=1S/C22H29N3O2/c23-20-10-9-18(16-21(20)24)22(26)17-7-6-8-19(15-17)27-14-5-4-13-25-11-2-1-3-12-25/h6-10,15-16H,1-5,11-14,23-24H2. The Kier molecular flexibility index (Phi) is 6.71. The van der Waals surface area contributed by atoms with Crippen molar-refractivity contribution in [3.63, 3.8) is 0 Å². The molecule has 0 radical (unpaired) electrons. The Labute approximate surface area is 161 Å². The molecule has 1 aliphatic rings. The number of anilines is 2. The molecule has 0 saturated carbocycles. The highest BCUT2D eigenvalue weighted by atomic mass is 16.5. The second-order valence-electron chi connectivity index (χ2n) is 7.16. The molecular formula is C22H29N3O2. The first-order valence-corrected chi connectivity index (χ1v) is 9.78. The summed E-state index contributed by atoms with van der Waals surface area (Å²) in [6, 6.07) is 12.3. The number of rotatable bonds is 8. The number of ketones is 1. The van der Waals surface area contributed by atoms with Gasteiger partial charge in [-0.2, -0.15) is 0 Å². The molecule has 0 aliphatic carbocycles. The lowest BCUT2D eigenvalue weighted by Gasteiger charge is -2.26. The highest BCUT2D eigenvalue weighted by Gasteiger charge is 2.12. The van der Waals surface area contributed by atoms with Gasteiger partial charge in [0.15, 0.2) is 5.78 Å². The van der Waals surface area contributed by atoms with E-state index in [4.69, 9.17) is 16.2 Å². The van der Waals surface area contributed by atoms with Gasteiger partial charge in [0.05, 0.1) is 18.0 Å². The van der Waals surface area contributed by atoms with Gasteiger partial charge in [0.2, 0.25) is 0 Å². The number of likely N-dealkylation sites (tertiary alicyclic amines) is 1. The van der Waals surface area contributed by atoms with Crippen LogP contribution in [0.25, 0.3) is 0 Å². The Balaban J connectivity index is 1.49. The van der Waals surface area contributed by atoms with Gasteiger partial charge in [0.1, 0.15) is 5.75 Å². The summed E-state index contributed by atoms with van der Waals surface area (Å²) in [7, 11) is 0. The molecule has 2 aromatic carbocycles. The molecule has 2 aromatic rings. The minimum Gasteiger partial charge on any atom is -0.494 e. The molecule has 1 aliphatic heterocycles. The minimum absolute atomic E-state index is 0.0859. The normalized spacial score (nSPS) is 14.8. The van der Waals surface area contributed by atoms with Gasteiger partial charge in [0, 0.05) is 11.1 Å². The smallest absolute Gasteiger partial charge is 0.193 e. The molecule has 5 heteroatoms. The molecular weight excluding hydrogens is 338 g/mol. The molecule has 27 heavy (non-hydrogen) atoms. The summed E-state index contributed by atoms with van der Waals surface area (Å²) in [4.78, 5) is 15.2. The zero-order chi connectivity index (χ0) is 19.1. The molecule has 1 saturated heterocycles. The van der Waals surface area contributed by atoms with Crippen molar-refractivity contribution in [3.05, 3.63) is 53.6 Å². The molecule has 0 bridgehead atoms. The van der Waals surface area contributed by atoms with Gasteiger partial charge in [-0.1, -0.05) is 18.6 Å². The molecule has 0 amide bonds. The zero-order valence-corrected chi connectivity index (χ0v) is 15.8. The summed E-state index contributed by atoms with van der Waals surface area (Å²) in [5.74, 6) is 0.638. The average molecular weight is 367 g/mol. The Hall–Kier alpha value is -2.53. The van der Waals surface area contributed by atoms with Gasteiger partial charge in [-0.3, -0.25) is 4.79 Å². The number of nitrogen functional groups attached to an aromatic ring is 2. The third-order valence-corrected chi connectivity index (χ3v) is 5.03. The Morgan fingerprint density at radius 1 is 0.926 bits per heavy atom. The van der Waals surface area contributed by atoms with E-state index in [0.29, 0.717) is 29.1 Å². The molecule has 0 spiro atoms. The van der Waals surface area contributed by atoms with Crippen molar-refractivity contribution in [2.45, 2.75) is 32.1 Å². The largest absolute Gasteiger partial charge is 0.494 e. The summed E-state index contributed by atoms with van der Waals surface area (Å²) < 4.78 is 5.85. The zero-order valence-electron chi connectivity index (χ0n) is 15.8. The number of piperidine rings is 1. The van der Waals surface area contributed by atoms with Gasteiger partial charge >= 0.3 is 0 Å². The Morgan fingerprint density at radius 3 is 2.48 bits per heavy atom. The van der Waals surface area contributed by atoms with Crippen LogP contribution in [-0.2, 0) is 0 Å². The van der Waals surface area contributed by atoms with Gasteiger partial charge in [-0.25, -0.2) is 0 Å². The molecule has 5 nitrogen and oxygen atoms in total. The molecule has 1 heterocycles. The topological polar surface area (TPSA) is 81.6 Å². The fourth-order valence-electron chi connectivity index (χ4n) is 3.42. The predicted molar refractivity (Wildman–Crippen MR) is 110 cm³/mol. The molecule has 3 rings (SSSR count). The second kappa shape index (κ2) is 9.42. The molecule has 0 unspecified atom stereocenters. The summed E-state index contributed by atoms with van der Waals surface area (Å²) in [6.07, 6.45) is 6.19. The highest BCUT2D eigenvalue weighted by Crippen LogP contribution is 2.21. The quantitative estimate of drug-likeness (QED) is 0.422. The van der Waals surface area contributed by atoms with Crippen LogP contribution in [0.4, 0.5) is 11.4 Å². The van der Waals surface area contributed by atoms with E-state index in [9.17, 15) is 4.79 Å². The Bertz CT molecular complexity index is 770. The number of unbranched alkanes of at least 4 members (excludes halogenated alkanes) is 1. The number of hydrogen-bond donors (Lipinski definition) is 2. The van der Waals surface area contributed by atoms with Crippen molar-refractivity contribution in [2.75, 3.05) is 37.7 Å². The minimum atomic E-state index is -0.0859. The van der Waals surface area contributed by atoms with E-state index in [1.807, 2.05) is 12.1 Å². The number of nitrogens with two attached hydrogens (primary N) is 2. The molecule has 0 aromatic heterocycles. The molecule has 1 fully saturated rings. The second-order valence-corrected chi connectivity index (χ2v) is 7.16. The number of ether oxygens (including phenoxy) is 1. The van der Waals surface area contributed by atoms with Gasteiger partial charge in [-0.05, 0) is 75.6 Å². The van der Waals surface area contributed by atoms with Gasteiger partial charge in [0.25, 0.3) is 0 Å². The fourth-order valence-corrected chi connectivity index (χ4v) is 3.42. The average Bonchev–Trinajstić information content (AvgIpc) is 2.70. The first-order valence-electron chi connectivity index (χ1n) is 9.78. The van der Waals surface area contributed by atoms with Gasteiger partial charge < -0.3 is 21.1 Å². The van der Waals surface area contributed by atoms with E-state index in [0.717, 1.165) is 25.1 Å². The third kappa shape index (κ3) is 5.47. The van der Waals surface area contributed by atoms with Crippen LogP contribution in [0.5, 0.6) is 5.75 Å². The monoisotopic (exact) mass is 367 g/mol. The van der Waals surface area contributed by atoms with E-state index in [1.165, 1.54) is 32.4 Å². The maximum atomic E-state index is 12.7. The van der Waals surface area contributed by atoms with Crippen LogP contribution >= 0.6 is 0 Å². The van der Waals surface area contributed by atoms with Crippen molar-refractivity contribution in [1.82, 2.24) is 4.90 Å². The van der Waals surface area contributed by atoms with Crippen LogP contribution in [-0.4, -0.2) is 36.9 Å². The molecule has 144 valence electrons. The first kappa shape index (κ1) is 19.2. The van der Waals surface area contributed by atoms with Crippen LogP contribution in [0.2, 0.25) is 0 Å². The summed E-state index contributed by atoms with van der Waals surface area (Å²) in [5.41, 5.74) is 13.5. The van der Waals surface area contributed by atoms with Crippen LogP contribution in [0.1, 0.15) is 48.0 Å². The lowest BCUT2D eigenvalue weighted by molar-refractivity contribution is 0.103. The Morgan fingerprint density at radius 2 is 1.70 bits per heavy atom. The predicted octanol–water partition coefficient (Wildman–Crippen LogP) is 3.73. The van der Waals surface area contributed by atoms with Crippen molar-refractivity contribution in [1.29, 1.82) is 0 Å². The third-order valence-electron chi connectivity index (χ3n) is 5.03. The summed E-state index contributed by atoms with van der Waals surface area (Å²) in [6.45, 7) is 4.29. The number of hydrogen-bond acceptors (Lipinski definition) is 5. The lowest BCUT2D eigenvalue weighted by atomic mass is 10.0. The lowest BCUT2D eigenvalue weighted by Crippen LogP contribution is -2.30. The van der Waals surface area contributed by atoms with E-state index in [-0.39, 0.29) is 5.78 Å². The molecule has 0 atom stereocenters. The number of nitrogens with zero attached hydrogens (tertiary/aromatic N) is 1. The maximum Gasteiger partial charge on any atom is 0.193 e. The van der Waals surface area contributed by atoms with E-state index < -0.39 is 0 Å². The SMILES string of the molecule is Nc1ccc(C(=O)c2cccc(OCCCCN3CCCCC3)c2)cc1N. The van der Waals surface area contributed by atoms with Crippen LogP contribution in [0, 0.1) is 0 Å². The first-order chi connectivity index (χ1) is 13.1. The highest BCUT2D eigenvalue weighted by molar-refractivity contribution is 6.10. The van der Waals surface area contributed by atoms with Crippen LogP contribution in [0.3, 0.4) is 0 Å². The van der Waals surface area contributed by atoms with Crippen molar-refractivity contribution >= 4 is 17.2 Å². The van der Waals surface area contributed by atoms with Crippen LogP contribution < -0.4 is 16.2 Å². The van der Waals surface area contributed by atoms with Crippen molar-refractivity contribution in [2.24, 2.45) is 0 Å². The van der Waals surface area contributed by atoms with E-state index in [1.54, 1.807) is 30.3 Å². The number of carbonyl (C=O) groups excluding carboxylic acids is 1. The summed E-state index contributed by atoms with van der Waals surface area (Å²) >= 11 is 0. The number of carbonyl (C=O) groups is 1. The molecule has 4 N–H and O–H groups in total. The van der Waals surface area contributed by atoms with E-state index >= 15 is 0 Å². The summed E-state index contributed by atoms with van der Waals surface area (Å²) in [5, 5.41) is 0. The van der Waals surface area contributed by atoms with E-state index in [2.05, 4.69) is 4.90 Å². The van der Waals surface area contributed by atoms with Crippen molar-refractivity contribution < 1.29 is 9.53 Å². The maximum absolute atomic E-state index is 12.7. The van der Waals surface area contributed by atoms with Crippen LogP contribution in [0.15, 0.2) is 42.5 Å². The van der Waals surface area contributed by atoms with Gasteiger partial charge in [-0.15, -0.1) is 0 Å².